The van der Waals surface area contributed by atoms with Crippen LogP contribution in [0.4, 0.5) is 13.2 Å². The predicted molar refractivity (Wildman–Crippen MR) is 65.9 cm³/mol. The first-order valence-electron chi connectivity index (χ1n) is 5.68. The van der Waals surface area contributed by atoms with Gasteiger partial charge in [0, 0.05) is 6.61 Å². The number of hydrogen-bond donors (Lipinski definition) is 0. The van der Waals surface area contributed by atoms with Gasteiger partial charge in [0.15, 0.2) is 0 Å². The Kier molecular flexibility index (Phi) is 5.96. The topological polar surface area (TPSA) is 9.23 Å². The molecule has 0 fully saturated rings. The average Bonchev–Trinajstić information content (AvgIpc) is 2.30. The van der Waals surface area contributed by atoms with Gasteiger partial charge >= 0.3 is 0 Å². The highest BCUT2D eigenvalue weighted by Crippen LogP contribution is 2.27. The molecule has 0 aromatic heterocycles. The summed E-state index contributed by atoms with van der Waals surface area (Å²) < 4.78 is 41.8. The summed E-state index contributed by atoms with van der Waals surface area (Å²) in [6, 6.07) is 3.35. The molecule has 1 unspecified atom stereocenters. The van der Waals surface area contributed by atoms with Gasteiger partial charge in [0.25, 0.3) is 6.43 Å². The summed E-state index contributed by atoms with van der Waals surface area (Å²) in [6.07, 6.45) is -2.05. The molecule has 18 heavy (non-hydrogen) atoms. The molecule has 0 radical (unpaired) electrons. The largest absolute Gasteiger partial charge is 0.375 e. The highest BCUT2D eigenvalue weighted by atomic mass is 35.5. The number of ether oxygens (including phenoxy) is 1. The lowest BCUT2D eigenvalue weighted by molar-refractivity contribution is 0.0165. The highest BCUT2D eigenvalue weighted by Gasteiger charge is 2.12. The van der Waals surface area contributed by atoms with Crippen LogP contribution in [-0.4, -0.2) is 19.6 Å². The van der Waals surface area contributed by atoms with Gasteiger partial charge in [-0.05, 0) is 37.0 Å². The lowest BCUT2D eigenvalue weighted by Crippen LogP contribution is -2.07. The molecule has 0 heterocycles. The summed E-state index contributed by atoms with van der Waals surface area (Å²) in [6.45, 7) is 2.92. The van der Waals surface area contributed by atoms with E-state index in [0.29, 0.717) is 17.5 Å². The van der Waals surface area contributed by atoms with Gasteiger partial charge in [-0.25, -0.2) is 13.2 Å². The number of hydrogen-bond acceptors (Lipinski definition) is 1. The van der Waals surface area contributed by atoms with E-state index in [2.05, 4.69) is 0 Å². The number of rotatable bonds is 6. The van der Waals surface area contributed by atoms with Crippen molar-refractivity contribution in [2.24, 2.45) is 0 Å². The molecule has 1 aromatic rings. The number of aryl methyl sites for hydroxylation is 2. The molecular formula is C13H16ClF3O. The molecule has 1 rings (SSSR count). The van der Waals surface area contributed by atoms with Crippen molar-refractivity contribution in [1.29, 1.82) is 0 Å². The first-order valence-corrected chi connectivity index (χ1v) is 6.12. The van der Waals surface area contributed by atoms with Gasteiger partial charge in [-0.3, -0.25) is 0 Å². The normalized spacial score (nSPS) is 13.1. The molecule has 0 aliphatic carbocycles. The molecule has 102 valence electrons. The Labute approximate surface area is 110 Å². The Morgan fingerprint density at radius 1 is 1.22 bits per heavy atom. The van der Waals surface area contributed by atoms with E-state index in [-0.39, 0.29) is 17.8 Å². The van der Waals surface area contributed by atoms with Gasteiger partial charge < -0.3 is 4.74 Å². The summed E-state index contributed by atoms with van der Waals surface area (Å²) in [7, 11) is 0. The molecule has 0 aliphatic rings. The zero-order chi connectivity index (χ0) is 13.7. The van der Waals surface area contributed by atoms with Crippen molar-refractivity contribution in [2.75, 3.05) is 13.2 Å². The van der Waals surface area contributed by atoms with Crippen molar-refractivity contribution in [3.05, 3.63) is 34.6 Å². The third-order valence-corrected chi connectivity index (χ3v) is 3.05. The van der Waals surface area contributed by atoms with Crippen molar-refractivity contribution in [3.63, 3.8) is 0 Å². The van der Waals surface area contributed by atoms with Gasteiger partial charge in [-0.2, -0.15) is 0 Å². The molecule has 1 nitrogen and oxygen atoms in total. The van der Waals surface area contributed by atoms with Gasteiger partial charge in [0.2, 0.25) is 0 Å². The minimum atomic E-state index is -2.46. The van der Waals surface area contributed by atoms with Gasteiger partial charge in [0.1, 0.15) is 12.4 Å². The van der Waals surface area contributed by atoms with Crippen LogP contribution in [0.2, 0.25) is 0 Å². The lowest BCUT2D eigenvalue weighted by Gasteiger charge is -2.13. The zero-order valence-corrected chi connectivity index (χ0v) is 11.1. The molecule has 0 amide bonds. The monoisotopic (exact) mass is 280 g/mol. The van der Waals surface area contributed by atoms with Crippen LogP contribution in [0.25, 0.3) is 0 Å². The molecule has 0 bridgehead atoms. The lowest BCUT2D eigenvalue weighted by atomic mass is 10.0. The fraction of sp³-hybridized carbons (Fsp3) is 0.538. The summed E-state index contributed by atoms with van der Waals surface area (Å²) in [5.41, 5.74) is 1.85. The van der Waals surface area contributed by atoms with Crippen LogP contribution >= 0.6 is 11.6 Å². The Morgan fingerprint density at radius 2 is 1.78 bits per heavy atom. The summed E-state index contributed by atoms with van der Waals surface area (Å²) in [5, 5.41) is -0.360. The third kappa shape index (κ3) is 4.50. The van der Waals surface area contributed by atoms with E-state index in [9.17, 15) is 13.2 Å². The molecule has 5 heteroatoms. The van der Waals surface area contributed by atoms with Crippen LogP contribution in [-0.2, 0) is 4.74 Å². The summed E-state index contributed by atoms with van der Waals surface area (Å²) >= 11 is 6.13. The highest BCUT2D eigenvalue weighted by molar-refractivity contribution is 6.20. The minimum absolute atomic E-state index is 0.161. The first kappa shape index (κ1) is 15.3. The van der Waals surface area contributed by atoms with Crippen LogP contribution in [0, 0.1) is 19.7 Å². The molecular weight excluding hydrogens is 265 g/mol. The Bertz CT molecular complexity index is 373. The molecule has 0 saturated heterocycles. The minimum Gasteiger partial charge on any atom is -0.375 e. The fourth-order valence-corrected chi connectivity index (χ4v) is 1.90. The second kappa shape index (κ2) is 7.00. The Balaban J connectivity index is 2.54. The van der Waals surface area contributed by atoms with E-state index in [1.165, 1.54) is 0 Å². The van der Waals surface area contributed by atoms with Gasteiger partial charge in [-0.1, -0.05) is 12.1 Å². The predicted octanol–water partition coefficient (Wildman–Crippen LogP) is 4.39. The maximum atomic E-state index is 13.4. The second-order valence-electron chi connectivity index (χ2n) is 4.19. The molecule has 0 spiro atoms. The molecule has 0 N–H and O–H groups in total. The maximum Gasteiger partial charge on any atom is 0.261 e. The van der Waals surface area contributed by atoms with Crippen molar-refractivity contribution >= 4 is 11.6 Å². The van der Waals surface area contributed by atoms with Crippen LogP contribution in [0.5, 0.6) is 0 Å². The number of halogens is 4. The number of alkyl halides is 3. The first-order chi connectivity index (χ1) is 8.41. The van der Waals surface area contributed by atoms with Gasteiger partial charge in [-0.15, -0.1) is 11.6 Å². The van der Waals surface area contributed by atoms with Crippen molar-refractivity contribution in [1.82, 2.24) is 0 Å². The SMILES string of the molecule is Cc1cc(C(Cl)CCOCC(F)F)cc(C)c1F. The van der Waals surface area contributed by atoms with Crippen LogP contribution < -0.4 is 0 Å². The standard InChI is InChI=1S/C13H16ClF3O/c1-8-5-10(6-9(2)13(8)17)11(14)3-4-18-7-12(15)16/h5-6,11-12H,3-4,7H2,1-2H3. The quantitative estimate of drug-likeness (QED) is 0.554. The zero-order valence-electron chi connectivity index (χ0n) is 10.4. The Morgan fingerprint density at radius 3 is 2.28 bits per heavy atom. The van der Waals surface area contributed by atoms with Crippen molar-refractivity contribution in [3.8, 4) is 0 Å². The van der Waals surface area contributed by atoms with E-state index >= 15 is 0 Å². The van der Waals surface area contributed by atoms with E-state index in [0.717, 1.165) is 5.56 Å². The van der Waals surface area contributed by atoms with E-state index in [1.807, 2.05) is 0 Å². The van der Waals surface area contributed by atoms with Crippen molar-refractivity contribution < 1.29 is 17.9 Å². The van der Waals surface area contributed by atoms with Crippen molar-refractivity contribution in [2.45, 2.75) is 32.1 Å². The number of benzene rings is 1. The Hall–Kier alpha value is -0.740. The van der Waals surface area contributed by atoms with Crippen LogP contribution in [0.15, 0.2) is 12.1 Å². The summed E-state index contributed by atoms with van der Waals surface area (Å²) in [5.74, 6) is -0.239. The van der Waals surface area contributed by atoms with Gasteiger partial charge in [0.05, 0.1) is 5.38 Å². The maximum absolute atomic E-state index is 13.4. The molecule has 0 saturated carbocycles. The third-order valence-electron chi connectivity index (χ3n) is 2.58. The van der Waals surface area contributed by atoms with E-state index < -0.39 is 13.0 Å². The molecule has 1 aromatic carbocycles. The molecule has 0 aliphatic heterocycles. The van der Waals surface area contributed by atoms with Crippen LogP contribution in [0.1, 0.15) is 28.5 Å². The average molecular weight is 281 g/mol. The summed E-state index contributed by atoms with van der Waals surface area (Å²) in [4.78, 5) is 0. The fourth-order valence-electron chi connectivity index (χ4n) is 1.69. The van der Waals surface area contributed by atoms with E-state index in [1.54, 1.807) is 26.0 Å². The van der Waals surface area contributed by atoms with Crippen LogP contribution in [0.3, 0.4) is 0 Å². The molecule has 1 atom stereocenters. The second-order valence-corrected chi connectivity index (χ2v) is 4.72. The smallest absolute Gasteiger partial charge is 0.261 e. The van der Waals surface area contributed by atoms with E-state index in [4.69, 9.17) is 16.3 Å².